The highest BCUT2D eigenvalue weighted by Gasteiger charge is 2.16. The average molecular weight is 450 g/mol. The van der Waals surface area contributed by atoms with E-state index in [1.807, 2.05) is 32.3 Å². The minimum atomic E-state index is 0. The van der Waals surface area contributed by atoms with Crippen molar-refractivity contribution in [3.05, 3.63) is 23.8 Å². The van der Waals surface area contributed by atoms with Gasteiger partial charge in [0.2, 0.25) is 0 Å². The van der Waals surface area contributed by atoms with Crippen molar-refractivity contribution in [1.82, 2.24) is 10.2 Å². The van der Waals surface area contributed by atoms with Crippen LogP contribution >= 0.6 is 24.0 Å². The van der Waals surface area contributed by atoms with Crippen molar-refractivity contribution in [2.24, 2.45) is 10.7 Å². The molecule has 3 N–H and O–H groups in total. The number of guanidine groups is 1. The van der Waals surface area contributed by atoms with Gasteiger partial charge in [0, 0.05) is 6.54 Å². The molecule has 0 bridgehead atoms. The number of likely N-dealkylation sites (N-methyl/N-ethyl adjacent to an activating group) is 1. The van der Waals surface area contributed by atoms with Crippen LogP contribution in [0, 0.1) is 0 Å². The summed E-state index contributed by atoms with van der Waals surface area (Å²) in [7, 11) is 7.32. The number of aliphatic imine (C=N–C) groups is 1. The number of nitrogens with one attached hydrogen (secondary N) is 1. The summed E-state index contributed by atoms with van der Waals surface area (Å²) < 4.78 is 10.7. The van der Waals surface area contributed by atoms with Crippen molar-refractivity contribution in [2.45, 2.75) is 25.8 Å². The lowest BCUT2D eigenvalue weighted by molar-refractivity contribution is 0.303. The molecule has 0 aliphatic rings. The van der Waals surface area contributed by atoms with E-state index in [4.69, 9.17) is 15.2 Å². The number of halogens is 1. The van der Waals surface area contributed by atoms with Crippen LogP contribution in [0.15, 0.2) is 23.2 Å². The molecule has 1 rings (SSSR count). The average Bonchev–Trinajstić information content (AvgIpc) is 2.54. The quantitative estimate of drug-likeness (QED) is 0.262. The lowest BCUT2D eigenvalue weighted by atomic mass is 10.1. The van der Waals surface area contributed by atoms with Gasteiger partial charge in [-0.1, -0.05) is 19.4 Å². The van der Waals surface area contributed by atoms with Crippen LogP contribution in [0.2, 0.25) is 0 Å². The second-order valence-corrected chi connectivity index (χ2v) is 5.60. The Morgan fingerprint density at radius 1 is 1.25 bits per heavy atom. The Balaban J connectivity index is 0.00000529. The molecule has 1 unspecified atom stereocenters. The third-order valence-electron chi connectivity index (χ3n) is 3.69. The van der Waals surface area contributed by atoms with Gasteiger partial charge in [-0.3, -0.25) is 4.99 Å². The highest BCUT2D eigenvalue weighted by Crippen LogP contribution is 2.31. The molecule has 6 nitrogen and oxygen atoms in total. The van der Waals surface area contributed by atoms with E-state index >= 15 is 0 Å². The Labute approximate surface area is 162 Å². The van der Waals surface area contributed by atoms with E-state index in [2.05, 4.69) is 22.1 Å². The van der Waals surface area contributed by atoms with Gasteiger partial charge < -0.3 is 25.4 Å². The van der Waals surface area contributed by atoms with Crippen molar-refractivity contribution in [3.63, 3.8) is 0 Å². The minimum Gasteiger partial charge on any atom is -0.493 e. The maximum Gasteiger partial charge on any atom is 0.188 e. The second kappa shape index (κ2) is 12.2. The topological polar surface area (TPSA) is 72.1 Å². The molecular weight excluding hydrogens is 419 g/mol. The van der Waals surface area contributed by atoms with Gasteiger partial charge in [0.25, 0.3) is 0 Å². The van der Waals surface area contributed by atoms with E-state index in [1.54, 1.807) is 14.2 Å². The van der Waals surface area contributed by atoms with Crippen molar-refractivity contribution in [3.8, 4) is 11.5 Å². The number of hydrogen-bond donors (Lipinski definition) is 2. The molecular formula is C17H31IN4O2. The molecule has 1 aromatic carbocycles. The minimum absolute atomic E-state index is 0. The van der Waals surface area contributed by atoms with Crippen LogP contribution in [-0.4, -0.2) is 52.3 Å². The van der Waals surface area contributed by atoms with Crippen LogP contribution < -0.4 is 20.5 Å². The van der Waals surface area contributed by atoms with E-state index in [-0.39, 0.29) is 30.0 Å². The highest BCUT2D eigenvalue weighted by atomic mass is 127. The molecule has 0 heterocycles. The fraction of sp³-hybridized carbons (Fsp3) is 0.588. The number of nitrogens with two attached hydrogens (primary N) is 1. The van der Waals surface area contributed by atoms with Gasteiger partial charge in [-0.15, -0.1) is 24.0 Å². The Morgan fingerprint density at radius 2 is 1.92 bits per heavy atom. The largest absolute Gasteiger partial charge is 0.493 e. The van der Waals surface area contributed by atoms with E-state index in [0.29, 0.717) is 12.5 Å². The van der Waals surface area contributed by atoms with Crippen molar-refractivity contribution in [2.75, 3.05) is 41.4 Å². The Bertz CT molecular complexity index is 509. The highest BCUT2D eigenvalue weighted by molar-refractivity contribution is 14.0. The van der Waals surface area contributed by atoms with Crippen LogP contribution in [0.1, 0.15) is 31.4 Å². The first kappa shape index (κ1) is 22.8. The lowest BCUT2D eigenvalue weighted by Gasteiger charge is -2.24. The summed E-state index contributed by atoms with van der Waals surface area (Å²) in [4.78, 5) is 6.58. The van der Waals surface area contributed by atoms with E-state index in [1.165, 1.54) is 0 Å². The third kappa shape index (κ3) is 7.12. The Morgan fingerprint density at radius 3 is 2.46 bits per heavy atom. The van der Waals surface area contributed by atoms with Crippen LogP contribution in [0.4, 0.5) is 0 Å². The first-order valence-electron chi connectivity index (χ1n) is 7.95. The van der Waals surface area contributed by atoms with Gasteiger partial charge in [-0.05, 0) is 38.2 Å². The molecule has 0 saturated heterocycles. The van der Waals surface area contributed by atoms with Crippen LogP contribution in [0.5, 0.6) is 11.5 Å². The summed E-state index contributed by atoms with van der Waals surface area (Å²) in [5, 5.41) is 3.13. The number of ether oxygens (including phenoxy) is 2. The standard InChI is InChI=1S/C17H30N4O2.HI/c1-6-7-10-19-17(18)20-12-14(21(2)3)13-8-9-15(22-4)16(11-13)23-5;/h8-9,11,14H,6-7,10,12H2,1-5H3,(H3,18,19,20);1H. The molecule has 0 aromatic heterocycles. The molecule has 0 saturated carbocycles. The molecule has 24 heavy (non-hydrogen) atoms. The molecule has 0 spiro atoms. The number of nitrogens with zero attached hydrogens (tertiary/aromatic N) is 2. The molecule has 0 aliphatic carbocycles. The number of rotatable bonds is 9. The van der Waals surface area contributed by atoms with E-state index < -0.39 is 0 Å². The monoisotopic (exact) mass is 450 g/mol. The maximum atomic E-state index is 5.92. The third-order valence-corrected chi connectivity index (χ3v) is 3.69. The smallest absolute Gasteiger partial charge is 0.188 e. The molecule has 1 atom stereocenters. The number of unbranched alkanes of at least 4 members (excludes halogenated alkanes) is 1. The zero-order valence-electron chi connectivity index (χ0n) is 15.3. The molecule has 0 aliphatic heterocycles. The molecule has 0 fully saturated rings. The predicted octanol–water partition coefficient (Wildman–Crippen LogP) is 2.63. The van der Waals surface area contributed by atoms with Gasteiger partial charge in [-0.25, -0.2) is 0 Å². The molecule has 138 valence electrons. The second-order valence-electron chi connectivity index (χ2n) is 5.60. The van der Waals surface area contributed by atoms with Crippen molar-refractivity contribution < 1.29 is 9.47 Å². The van der Waals surface area contributed by atoms with Crippen molar-refractivity contribution >= 4 is 29.9 Å². The number of methoxy groups -OCH3 is 2. The summed E-state index contributed by atoms with van der Waals surface area (Å²) in [5.74, 6) is 1.93. The summed E-state index contributed by atoms with van der Waals surface area (Å²) >= 11 is 0. The van der Waals surface area contributed by atoms with Crippen LogP contribution in [0.3, 0.4) is 0 Å². The fourth-order valence-corrected chi connectivity index (χ4v) is 2.26. The van der Waals surface area contributed by atoms with Crippen LogP contribution in [0.25, 0.3) is 0 Å². The van der Waals surface area contributed by atoms with Crippen molar-refractivity contribution in [1.29, 1.82) is 0 Å². The van der Waals surface area contributed by atoms with Gasteiger partial charge in [0.05, 0.1) is 26.8 Å². The zero-order valence-corrected chi connectivity index (χ0v) is 17.7. The summed E-state index contributed by atoms with van der Waals surface area (Å²) in [6.07, 6.45) is 2.22. The predicted molar refractivity (Wildman–Crippen MR) is 111 cm³/mol. The lowest BCUT2D eigenvalue weighted by Crippen LogP contribution is -2.33. The fourth-order valence-electron chi connectivity index (χ4n) is 2.26. The Kier molecular flexibility index (Phi) is 11.6. The maximum absolute atomic E-state index is 5.92. The first-order chi connectivity index (χ1) is 11.0. The zero-order chi connectivity index (χ0) is 17.2. The molecule has 1 aromatic rings. The summed E-state index contributed by atoms with van der Waals surface area (Å²) in [5.41, 5.74) is 7.03. The summed E-state index contributed by atoms with van der Waals surface area (Å²) in [6, 6.07) is 6.04. The Hall–Kier alpha value is -1.22. The van der Waals surface area contributed by atoms with Crippen LogP contribution in [-0.2, 0) is 0 Å². The number of benzene rings is 1. The van der Waals surface area contributed by atoms with Gasteiger partial charge in [0.15, 0.2) is 17.5 Å². The summed E-state index contributed by atoms with van der Waals surface area (Å²) in [6.45, 7) is 3.58. The van der Waals surface area contributed by atoms with Gasteiger partial charge >= 0.3 is 0 Å². The SMILES string of the molecule is CCCCNC(N)=NCC(c1ccc(OC)c(OC)c1)N(C)C.I. The molecule has 0 amide bonds. The molecule has 0 radical (unpaired) electrons. The normalized spacial score (nSPS) is 12.5. The van der Waals surface area contributed by atoms with E-state index in [0.717, 1.165) is 36.4 Å². The first-order valence-corrected chi connectivity index (χ1v) is 7.95. The molecule has 7 heteroatoms. The number of hydrogen-bond acceptors (Lipinski definition) is 4. The van der Waals surface area contributed by atoms with E-state index in [9.17, 15) is 0 Å². The van der Waals surface area contributed by atoms with Gasteiger partial charge in [0.1, 0.15) is 0 Å². The van der Waals surface area contributed by atoms with Gasteiger partial charge in [-0.2, -0.15) is 0 Å².